The topological polar surface area (TPSA) is 0 Å². The van der Waals surface area contributed by atoms with Crippen molar-refractivity contribution in [2.24, 2.45) is 0 Å². The van der Waals surface area contributed by atoms with Gasteiger partial charge in [0.2, 0.25) is 0 Å². The first-order valence-electron chi connectivity index (χ1n) is 7.26. The lowest BCUT2D eigenvalue weighted by Crippen LogP contribution is -1.91. The summed E-state index contributed by atoms with van der Waals surface area (Å²) in [6, 6.07) is 12.0. The van der Waals surface area contributed by atoms with Gasteiger partial charge in [-0.15, -0.1) is 0 Å². The van der Waals surface area contributed by atoms with Gasteiger partial charge in [-0.1, -0.05) is 43.7 Å². The van der Waals surface area contributed by atoms with E-state index in [9.17, 15) is 13.2 Å². The number of hydrogen-bond donors (Lipinski definition) is 0. The van der Waals surface area contributed by atoms with Crippen LogP contribution in [-0.4, -0.2) is 0 Å². The van der Waals surface area contributed by atoms with E-state index in [1.807, 2.05) is 12.1 Å². The Hall–Kier alpha value is -2.29. The molecule has 0 heterocycles. The molecule has 3 aromatic rings. The van der Waals surface area contributed by atoms with Crippen molar-refractivity contribution < 1.29 is 13.2 Å². The number of fused-ring (bicyclic) bond motifs is 1. The molecule has 0 N–H and O–H groups in total. The van der Waals surface area contributed by atoms with E-state index in [2.05, 4.69) is 6.92 Å². The maximum Gasteiger partial charge on any atom is 0.138 e. The third-order valence-corrected chi connectivity index (χ3v) is 3.73. The van der Waals surface area contributed by atoms with Gasteiger partial charge >= 0.3 is 0 Å². The van der Waals surface area contributed by atoms with Crippen LogP contribution in [0.4, 0.5) is 13.2 Å². The van der Waals surface area contributed by atoms with E-state index in [1.54, 1.807) is 18.2 Å². The van der Waals surface area contributed by atoms with E-state index >= 15 is 0 Å². The fourth-order valence-corrected chi connectivity index (χ4v) is 2.72. The number of rotatable bonds is 3. The Morgan fingerprint density at radius 3 is 2.23 bits per heavy atom. The molecule has 0 aromatic heterocycles. The predicted molar refractivity (Wildman–Crippen MR) is 83.3 cm³/mol. The van der Waals surface area contributed by atoms with Crippen LogP contribution in [0.2, 0.25) is 0 Å². The molecule has 0 atom stereocenters. The van der Waals surface area contributed by atoms with Crippen molar-refractivity contribution in [3.63, 3.8) is 0 Å². The van der Waals surface area contributed by atoms with E-state index in [4.69, 9.17) is 0 Å². The molecule has 3 aromatic carbocycles. The lowest BCUT2D eigenvalue weighted by molar-refractivity contribution is 0.583. The zero-order chi connectivity index (χ0) is 15.7. The lowest BCUT2D eigenvalue weighted by atomic mass is 9.98. The van der Waals surface area contributed by atoms with Crippen LogP contribution in [0.15, 0.2) is 48.5 Å². The Balaban J connectivity index is 2.15. The van der Waals surface area contributed by atoms with Crippen LogP contribution < -0.4 is 0 Å². The van der Waals surface area contributed by atoms with Crippen LogP contribution in [-0.2, 0) is 6.42 Å². The first-order chi connectivity index (χ1) is 10.6. The zero-order valence-electron chi connectivity index (χ0n) is 12.2. The first kappa shape index (κ1) is 14.6. The second-order valence-electron chi connectivity index (χ2n) is 5.39. The molecular weight excluding hydrogens is 285 g/mol. The fourth-order valence-electron chi connectivity index (χ4n) is 2.72. The van der Waals surface area contributed by atoms with E-state index in [0.29, 0.717) is 5.39 Å². The second kappa shape index (κ2) is 5.84. The van der Waals surface area contributed by atoms with Gasteiger partial charge in [0.15, 0.2) is 0 Å². The quantitative estimate of drug-likeness (QED) is 0.567. The van der Waals surface area contributed by atoms with Crippen LogP contribution in [0.5, 0.6) is 0 Å². The minimum Gasteiger partial charge on any atom is -0.207 e. The number of aryl methyl sites for hydroxylation is 1. The fraction of sp³-hybridized carbons (Fsp3) is 0.158. The van der Waals surface area contributed by atoms with Gasteiger partial charge in [-0.05, 0) is 35.1 Å². The number of halogens is 3. The molecule has 0 saturated heterocycles. The number of benzene rings is 3. The Labute approximate surface area is 127 Å². The molecule has 0 unspecified atom stereocenters. The summed E-state index contributed by atoms with van der Waals surface area (Å²) >= 11 is 0. The molecule has 0 bridgehead atoms. The summed E-state index contributed by atoms with van der Waals surface area (Å²) in [6.45, 7) is 2.09. The van der Waals surface area contributed by atoms with Crippen LogP contribution in [0.1, 0.15) is 18.9 Å². The highest BCUT2D eigenvalue weighted by Crippen LogP contribution is 2.30. The van der Waals surface area contributed by atoms with E-state index < -0.39 is 17.5 Å². The van der Waals surface area contributed by atoms with E-state index in [1.165, 1.54) is 0 Å². The summed E-state index contributed by atoms with van der Waals surface area (Å²) in [6.07, 6.45) is 1.96. The van der Waals surface area contributed by atoms with Crippen molar-refractivity contribution in [3.8, 4) is 11.1 Å². The van der Waals surface area contributed by atoms with Gasteiger partial charge in [-0.25, -0.2) is 13.2 Å². The van der Waals surface area contributed by atoms with E-state index in [-0.39, 0.29) is 11.1 Å². The summed E-state index contributed by atoms with van der Waals surface area (Å²) in [5.41, 5.74) is 1.56. The highest BCUT2D eigenvalue weighted by Gasteiger charge is 2.11. The van der Waals surface area contributed by atoms with Crippen molar-refractivity contribution in [1.82, 2.24) is 0 Å². The lowest BCUT2D eigenvalue weighted by Gasteiger charge is -2.09. The second-order valence-corrected chi connectivity index (χ2v) is 5.39. The van der Waals surface area contributed by atoms with Crippen molar-refractivity contribution in [1.29, 1.82) is 0 Å². The highest BCUT2D eigenvalue weighted by molar-refractivity contribution is 5.88. The maximum absolute atomic E-state index is 14.7. The molecular formula is C19H15F3. The van der Waals surface area contributed by atoms with Crippen LogP contribution in [0, 0.1) is 17.5 Å². The molecule has 0 aliphatic heterocycles. The zero-order valence-corrected chi connectivity index (χ0v) is 12.2. The SMILES string of the molecule is CCCc1ccc2c(F)c(-c3cc(F)cc(F)c3)ccc2c1. The van der Waals surface area contributed by atoms with Gasteiger partial charge in [0.25, 0.3) is 0 Å². The monoisotopic (exact) mass is 300 g/mol. The minimum absolute atomic E-state index is 0.203. The smallest absolute Gasteiger partial charge is 0.138 e. The molecule has 0 saturated carbocycles. The Kier molecular flexibility index (Phi) is 3.88. The van der Waals surface area contributed by atoms with Gasteiger partial charge in [-0.3, -0.25) is 0 Å². The van der Waals surface area contributed by atoms with Crippen LogP contribution >= 0.6 is 0 Å². The molecule has 112 valence electrons. The number of hydrogen-bond acceptors (Lipinski definition) is 0. The molecule has 3 rings (SSSR count). The Morgan fingerprint density at radius 1 is 0.818 bits per heavy atom. The van der Waals surface area contributed by atoms with Crippen LogP contribution in [0.25, 0.3) is 21.9 Å². The van der Waals surface area contributed by atoms with Gasteiger partial charge < -0.3 is 0 Å². The minimum atomic E-state index is -0.715. The third-order valence-electron chi connectivity index (χ3n) is 3.73. The molecule has 0 aliphatic rings. The molecule has 0 aliphatic carbocycles. The average molecular weight is 300 g/mol. The molecule has 0 nitrogen and oxygen atoms in total. The van der Waals surface area contributed by atoms with Gasteiger partial charge in [0.05, 0.1) is 0 Å². The van der Waals surface area contributed by atoms with Gasteiger partial charge in [0, 0.05) is 17.0 Å². The van der Waals surface area contributed by atoms with Gasteiger partial charge in [0.1, 0.15) is 17.5 Å². The third kappa shape index (κ3) is 2.71. The molecule has 0 amide bonds. The molecule has 3 heteroatoms. The Morgan fingerprint density at radius 2 is 1.55 bits per heavy atom. The maximum atomic E-state index is 14.7. The summed E-state index contributed by atoms with van der Waals surface area (Å²) in [5.74, 6) is -1.88. The molecule has 22 heavy (non-hydrogen) atoms. The van der Waals surface area contributed by atoms with Crippen LogP contribution in [0.3, 0.4) is 0 Å². The van der Waals surface area contributed by atoms with Crippen molar-refractivity contribution >= 4 is 10.8 Å². The molecule has 0 fully saturated rings. The van der Waals surface area contributed by atoms with Crippen molar-refractivity contribution in [2.75, 3.05) is 0 Å². The standard InChI is InChI=1S/C19H15F3/c1-2-3-12-4-6-17-13(8-12)5-7-18(19(17)22)14-9-15(20)11-16(21)10-14/h4-11H,2-3H2,1H3. The summed E-state index contributed by atoms with van der Waals surface area (Å²) in [4.78, 5) is 0. The summed E-state index contributed by atoms with van der Waals surface area (Å²) < 4.78 is 41.4. The summed E-state index contributed by atoms with van der Waals surface area (Å²) in [7, 11) is 0. The average Bonchev–Trinajstić information content (AvgIpc) is 2.47. The van der Waals surface area contributed by atoms with Crippen molar-refractivity contribution in [2.45, 2.75) is 19.8 Å². The predicted octanol–water partition coefficient (Wildman–Crippen LogP) is 5.88. The van der Waals surface area contributed by atoms with Crippen molar-refractivity contribution in [3.05, 3.63) is 71.5 Å². The highest BCUT2D eigenvalue weighted by atomic mass is 19.1. The van der Waals surface area contributed by atoms with E-state index in [0.717, 1.165) is 42.0 Å². The largest absolute Gasteiger partial charge is 0.207 e. The Bertz CT molecular complexity index is 817. The summed E-state index contributed by atoms with van der Waals surface area (Å²) in [5, 5.41) is 1.26. The molecule has 0 radical (unpaired) electrons. The molecule has 0 spiro atoms. The van der Waals surface area contributed by atoms with Gasteiger partial charge in [-0.2, -0.15) is 0 Å². The first-order valence-corrected chi connectivity index (χ1v) is 7.26. The normalized spacial score (nSPS) is 11.1.